The largest absolute Gasteiger partial charge is 0.332 e. The lowest BCUT2D eigenvalue weighted by atomic mass is 10.2. The SMILES string of the molecule is Cc1ccc(Nc2nc(CSCc3ccccc3)cs2)cc1. The van der Waals surface area contributed by atoms with E-state index >= 15 is 0 Å². The number of thiazole rings is 1. The summed E-state index contributed by atoms with van der Waals surface area (Å²) >= 11 is 3.56. The first-order valence-corrected chi connectivity index (χ1v) is 9.23. The number of nitrogens with zero attached hydrogens (tertiary/aromatic N) is 1. The quantitative estimate of drug-likeness (QED) is 0.635. The number of rotatable bonds is 6. The van der Waals surface area contributed by atoms with E-state index in [1.807, 2.05) is 11.8 Å². The van der Waals surface area contributed by atoms with Gasteiger partial charge in [0.05, 0.1) is 5.69 Å². The fourth-order valence-corrected chi connectivity index (χ4v) is 3.76. The van der Waals surface area contributed by atoms with Crippen LogP contribution in [0.25, 0.3) is 0 Å². The van der Waals surface area contributed by atoms with Crippen molar-refractivity contribution in [3.8, 4) is 0 Å². The van der Waals surface area contributed by atoms with Crippen LogP contribution < -0.4 is 5.32 Å². The first-order valence-electron chi connectivity index (χ1n) is 7.19. The summed E-state index contributed by atoms with van der Waals surface area (Å²) in [5, 5.41) is 6.45. The highest BCUT2D eigenvalue weighted by Crippen LogP contribution is 2.24. The molecule has 3 aromatic rings. The third-order valence-electron chi connectivity index (χ3n) is 3.22. The maximum Gasteiger partial charge on any atom is 0.187 e. The van der Waals surface area contributed by atoms with Crippen LogP contribution in [0, 0.1) is 6.92 Å². The zero-order valence-corrected chi connectivity index (χ0v) is 14.1. The molecule has 0 amide bonds. The zero-order chi connectivity index (χ0) is 15.2. The molecule has 2 aromatic carbocycles. The summed E-state index contributed by atoms with van der Waals surface area (Å²) in [4.78, 5) is 4.65. The van der Waals surface area contributed by atoms with E-state index in [-0.39, 0.29) is 0 Å². The number of nitrogens with one attached hydrogen (secondary N) is 1. The molecule has 1 heterocycles. The highest BCUT2D eigenvalue weighted by molar-refractivity contribution is 7.97. The molecule has 0 unspecified atom stereocenters. The molecule has 0 saturated carbocycles. The molecule has 1 aromatic heterocycles. The van der Waals surface area contributed by atoms with Crippen molar-refractivity contribution < 1.29 is 0 Å². The third kappa shape index (κ3) is 4.36. The van der Waals surface area contributed by atoms with Crippen LogP contribution in [0.4, 0.5) is 10.8 Å². The van der Waals surface area contributed by atoms with Crippen LogP contribution in [0.3, 0.4) is 0 Å². The number of anilines is 2. The second-order valence-corrected chi connectivity index (χ2v) is 6.96. The third-order valence-corrected chi connectivity index (χ3v) is 5.06. The summed E-state index contributed by atoms with van der Waals surface area (Å²) in [5.41, 5.74) is 4.85. The first-order chi connectivity index (χ1) is 10.8. The van der Waals surface area contributed by atoms with Crippen molar-refractivity contribution in [1.29, 1.82) is 0 Å². The Balaban J connectivity index is 1.51. The molecule has 4 heteroatoms. The number of hydrogen-bond donors (Lipinski definition) is 1. The monoisotopic (exact) mass is 326 g/mol. The van der Waals surface area contributed by atoms with Crippen LogP contribution in [0.15, 0.2) is 60.0 Å². The van der Waals surface area contributed by atoms with Gasteiger partial charge >= 0.3 is 0 Å². The molecule has 0 radical (unpaired) electrons. The Hall–Kier alpha value is -1.78. The minimum absolute atomic E-state index is 0.945. The van der Waals surface area contributed by atoms with Crippen molar-refractivity contribution in [1.82, 2.24) is 4.98 Å². The van der Waals surface area contributed by atoms with Crippen molar-refractivity contribution in [3.05, 3.63) is 76.8 Å². The molecule has 0 bridgehead atoms. The molecule has 0 fully saturated rings. The van der Waals surface area contributed by atoms with Crippen molar-refractivity contribution in [2.45, 2.75) is 18.4 Å². The van der Waals surface area contributed by atoms with Crippen LogP contribution in [-0.2, 0) is 11.5 Å². The van der Waals surface area contributed by atoms with E-state index in [0.29, 0.717) is 0 Å². The van der Waals surface area contributed by atoms with Crippen molar-refractivity contribution in [2.75, 3.05) is 5.32 Å². The molecular formula is C18H18N2S2. The number of benzene rings is 2. The van der Waals surface area contributed by atoms with Gasteiger partial charge in [-0.1, -0.05) is 48.0 Å². The van der Waals surface area contributed by atoms with Crippen LogP contribution in [0.2, 0.25) is 0 Å². The molecule has 0 aliphatic rings. The topological polar surface area (TPSA) is 24.9 Å². The van der Waals surface area contributed by atoms with Gasteiger partial charge in [-0.3, -0.25) is 0 Å². The Morgan fingerprint density at radius 2 is 1.77 bits per heavy atom. The van der Waals surface area contributed by atoms with Crippen molar-refractivity contribution in [3.63, 3.8) is 0 Å². The minimum Gasteiger partial charge on any atom is -0.332 e. The number of hydrogen-bond acceptors (Lipinski definition) is 4. The Morgan fingerprint density at radius 3 is 2.55 bits per heavy atom. The molecule has 22 heavy (non-hydrogen) atoms. The van der Waals surface area contributed by atoms with Crippen molar-refractivity contribution >= 4 is 33.9 Å². The van der Waals surface area contributed by atoms with Gasteiger partial charge in [-0.05, 0) is 24.6 Å². The van der Waals surface area contributed by atoms with Gasteiger partial charge in [0.25, 0.3) is 0 Å². The maximum atomic E-state index is 4.65. The first kappa shape index (κ1) is 15.1. The highest BCUT2D eigenvalue weighted by Gasteiger charge is 2.03. The predicted molar refractivity (Wildman–Crippen MR) is 98.0 cm³/mol. The molecule has 2 nitrogen and oxygen atoms in total. The Kier molecular flexibility index (Phi) is 5.14. The normalized spacial score (nSPS) is 10.6. The van der Waals surface area contributed by atoms with Crippen LogP contribution in [-0.4, -0.2) is 4.98 Å². The zero-order valence-electron chi connectivity index (χ0n) is 12.5. The summed E-state index contributed by atoms with van der Waals surface area (Å²) in [5.74, 6) is 1.97. The average Bonchev–Trinajstić information content (AvgIpc) is 2.98. The van der Waals surface area contributed by atoms with Gasteiger partial charge in [-0.2, -0.15) is 11.8 Å². The Labute approximate surface area is 139 Å². The van der Waals surface area contributed by atoms with E-state index < -0.39 is 0 Å². The van der Waals surface area contributed by atoms with Gasteiger partial charge in [-0.25, -0.2) is 4.98 Å². The smallest absolute Gasteiger partial charge is 0.187 e. The number of aryl methyl sites for hydroxylation is 1. The number of aromatic nitrogens is 1. The molecule has 1 N–H and O–H groups in total. The van der Waals surface area contributed by atoms with Crippen LogP contribution in [0.1, 0.15) is 16.8 Å². The molecular weight excluding hydrogens is 308 g/mol. The molecule has 0 atom stereocenters. The number of thioether (sulfide) groups is 1. The van der Waals surface area contributed by atoms with E-state index in [0.717, 1.165) is 28.0 Å². The maximum absolute atomic E-state index is 4.65. The standard InChI is InChI=1S/C18H18N2S2/c1-14-7-9-16(10-8-14)19-18-20-17(13-22-18)12-21-11-15-5-3-2-4-6-15/h2-10,13H,11-12H2,1H3,(H,19,20). The second kappa shape index (κ2) is 7.47. The summed E-state index contributed by atoms with van der Waals surface area (Å²) in [6.07, 6.45) is 0. The predicted octanol–water partition coefficient (Wildman–Crippen LogP) is 5.63. The second-order valence-electron chi connectivity index (χ2n) is 5.11. The van der Waals surface area contributed by atoms with Gasteiger partial charge < -0.3 is 5.32 Å². The summed E-state index contributed by atoms with van der Waals surface area (Å²) in [6.45, 7) is 2.09. The Morgan fingerprint density at radius 1 is 1.00 bits per heavy atom. The minimum atomic E-state index is 0.945. The van der Waals surface area contributed by atoms with Gasteiger partial charge in [0.1, 0.15) is 0 Å². The van der Waals surface area contributed by atoms with E-state index in [4.69, 9.17) is 0 Å². The molecule has 0 aliphatic carbocycles. The van der Waals surface area contributed by atoms with E-state index in [9.17, 15) is 0 Å². The molecule has 0 aliphatic heterocycles. The fraction of sp³-hybridized carbons (Fsp3) is 0.167. The van der Waals surface area contributed by atoms with Gasteiger partial charge in [0, 0.05) is 22.6 Å². The van der Waals surface area contributed by atoms with Crippen molar-refractivity contribution in [2.24, 2.45) is 0 Å². The lowest BCUT2D eigenvalue weighted by Crippen LogP contribution is -1.90. The van der Waals surface area contributed by atoms with E-state index in [2.05, 4.69) is 77.2 Å². The highest BCUT2D eigenvalue weighted by atomic mass is 32.2. The molecule has 0 saturated heterocycles. The molecule has 0 spiro atoms. The summed E-state index contributed by atoms with van der Waals surface area (Å²) < 4.78 is 0. The van der Waals surface area contributed by atoms with Crippen LogP contribution >= 0.6 is 23.1 Å². The van der Waals surface area contributed by atoms with Gasteiger partial charge in [-0.15, -0.1) is 11.3 Å². The molecule has 112 valence electrons. The van der Waals surface area contributed by atoms with E-state index in [1.165, 1.54) is 11.1 Å². The lowest BCUT2D eigenvalue weighted by Gasteiger charge is -2.02. The summed E-state index contributed by atoms with van der Waals surface area (Å²) in [6, 6.07) is 18.9. The lowest BCUT2D eigenvalue weighted by molar-refractivity contribution is 1.23. The van der Waals surface area contributed by atoms with Crippen LogP contribution in [0.5, 0.6) is 0 Å². The van der Waals surface area contributed by atoms with E-state index in [1.54, 1.807) is 11.3 Å². The molecule has 3 rings (SSSR count). The van der Waals surface area contributed by atoms with Gasteiger partial charge in [0.2, 0.25) is 0 Å². The Bertz CT molecular complexity index is 705. The average molecular weight is 326 g/mol. The fourth-order valence-electron chi connectivity index (χ4n) is 2.04. The van der Waals surface area contributed by atoms with Gasteiger partial charge in [0.15, 0.2) is 5.13 Å². The summed E-state index contributed by atoms with van der Waals surface area (Å²) in [7, 11) is 0.